The van der Waals surface area contributed by atoms with E-state index in [4.69, 9.17) is 16.9 Å². The quantitative estimate of drug-likeness (QED) is 0.729. The van der Waals surface area contributed by atoms with Crippen molar-refractivity contribution in [2.75, 3.05) is 4.72 Å². The van der Waals surface area contributed by atoms with Crippen LogP contribution in [0.15, 0.2) is 18.2 Å². The average molecular weight is 217 g/mol. The van der Waals surface area contributed by atoms with Gasteiger partial charge in [0.25, 0.3) is 0 Å². The monoisotopic (exact) mass is 216 g/mol. The van der Waals surface area contributed by atoms with Crippen molar-refractivity contribution in [2.45, 2.75) is 0 Å². The van der Waals surface area contributed by atoms with Crippen molar-refractivity contribution in [3.63, 3.8) is 0 Å². The van der Waals surface area contributed by atoms with Crippen molar-refractivity contribution in [3.05, 3.63) is 28.8 Å². The molecule has 6 heteroatoms. The highest BCUT2D eigenvalue weighted by molar-refractivity contribution is 7.73. The molecule has 1 aromatic rings. The Labute approximate surface area is 81.8 Å². The Bertz CT molecular complexity index is 429. The molecule has 0 aliphatic rings. The fourth-order valence-corrected chi connectivity index (χ4v) is 1.37. The molecule has 1 rings (SSSR count). The molecule has 0 spiro atoms. The minimum Gasteiger partial charge on any atom is -0.284 e. The van der Waals surface area contributed by atoms with Gasteiger partial charge in [0, 0.05) is 5.02 Å². The molecule has 0 aliphatic heterocycles. The van der Waals surface area contributed by atoms with E-state index in [0.29, 0.717) is 5.02 Å². The lowest BCUT2D eigenvalue weighted by Gasteiger charge is -2.00. The summed E-state index contributed by atoms with van der Waals surface area (Å²) >= 11 is 5.60. The van der Waals surface area contributed by atoms with E-state index >= 15 is 0 Å². The lowest BCUT2D eigenvalue weighted by molar-refractivity contribution is 0.619. The topological polar surface area (TPSA) is 70.0 Å². The maximum absolute atomic E-state index is 10.3. The summed E-state index contributed by atoms with van der Waals surface area (Å²) in [4.78, 5) is 0. The predicted octanol–water partition coefficient (Wildman–Crippen LogP) is 1.15. The Morgan fingerprint density at radius 2 is 2.15 bits per heavy atom. The van der Waals surface area contributed by atoms with Crippen LogP contribution in [0.1, 0.15) is 5.56 Å². The van der Waals surface area contributed by atoms with Gasteiger partial charge in [-0.1, -0.05) is 11.6 Å². The fraction of sp³-hybridized carbons (Fsp3) is 0. The number of benzene rings is 1. The minimum atomic E-state index is -2.75. The number of hydrogen-bond acceptors (Lipinski definition) is 3. The molecular weight excluding hydrogens is 212 g/mol. The summed E-state index contributed by atoms with van der Waals surface area (Å²) in [7, 11) is -2.75. The Kier molecular flexibility index (Phi) is 3.12. The number of nitrogens with one attached hydrogen (secondary N) is 1. The van der Waals surface area contributed by atoms with Crippen LogP contribution in [0, 0.1) is 11.3 Å². The minimum absolute atomic E-state index is 0.201. The van der Waals surface area contributed by atoms with Gasteiger partial charge in [-0.15, -0.1) is 0 Å². The number of anilines is 1. The Morgan fingerprint density at radius 3 is 2.69 bits per heavy atom. The van der Waals surface area contributed by atoms with Crippen molar-refractivity contribution < 1.29 is 8.42 Å². The third kappa shape index (κ3) is 2.61. The van der Waals surface area contributed by atoms with Gasteiger partial charge < -0.3 is 0 Å². The summed E-state index contributed by atoms with van der Waals surface area (Å²) in [5.74, 6) is 0. The van der Waals surface area contributed by atoms with E-state index < -0.39 is 10.9 Å². The highest BCUT2D eigenvalue weighted by atomic mass is 35.5. The molecule has 0 saturated heterocycles. The smallest absolute Gasteiger partial charge is 0.222 e. The van der Waals surface area contributed by atoms with Gasteiger partial charge in [-0.05, 0) is 18.2 Å². The van der Waals surface area contributed by atoms with Gasteiger partial charge in [0.05, 0.1) is 11.3 Å². The van der Waals surface area contributed by atoms with Crippen LogP contribution in [0.5, 0.6) is 0 Å². The number of nitrogens with zero attached hydrogens (tertiary/aromatic N) is 1. The maximum Gasteiger partial charge on any atom is 0.222 e. The molecule has 0 aromatic heterocycles. The summed E-state index contributed by atoms with van der Waals surface area (Å²) in [6, 6.07) is 6.16. The SMILES string of the molecule is N#Cc1cc(Cl)ccc1N[SH](=O)=O. The summed E-state index contributed by atoms with van der Waals surface area (Å²) in [5.41, 5.74) is 0.440. The molecule has 1 aromatic carbocycles. The number of nitriles is 1. The van der Waals surface area contributed by atoms with E-state index in [2.05, 4.69) is 4.72 Å². The van der Waals surface area contributed by atoms with Gasteiger partial charge in [-0.3, -0.25) is 4.72 Å². The van der Waals surface area contributed by atoms with Crippen molar-refractivity contribution in [2.24, 2.45) is 0 Å². The first-order valence-corrected chi connectivity index (χ1v) is 4.79. The second-order valence-electron chi connectivity index (χ2n) is 2.17. The molecule has 0 radical (unpaired) electrons. The predicted molar refractivity (Wildman–Crippen MR) is 50.1 cm³/mol. The normalized spacial score (nSPS) is 9.62. The first kappa shape index (κ1) is 9.84. The average Bonchev–Trinajstić information content (AvgIpc) is 2.07. The van der Waals surface area contributed by atoms with E-state index in [0.717, 1.165) is 0 Å². The van der Waals surface area contributed by atoms with Crippen molar-refractivity contribution in [1.29, 1.82) is 5.26 Å². The fourth-order valence-electron chi connectivity index (χ4n) is 0.805. The van der Waals surface area contributed by atoms with Crippen LogP contribution in [0.25, 0.3) is 0 Å². The zero-order valence-corrected chi connectivity index (χ0v) is 7.97. The van der Waals surface area contributed by atoms with Gasteiger partial charge >= 0.3 is 0 Å². The first-order chi connectivity index (χ1) is 6.13. The standard InChI is InChI=1S/C7H5ClN2O2S/c8-6-1-2-7(10-13(11)12)5(3-6)4-9/h1-3,13H,(H,10,11,12). The molecule has 4 nitrogen and oxygen atoms in total. The highest BCUT2D eigenvalue weighted by Crippen LogP contribution is 2.19. The van der Waals surface area contributed by atoms with E-state index in [1.165, 1.54) is 18.2 Å². The molecule has 13 heavy (non-hydrogen) atoms. The molecule has 0 fully saturated rings. The van der Waals surface area contributed by atoms with Crippen molar-refractivity contribution in [1.82, 2.24) is 0 Å². The van der Waals surface area contributed by atoms with Crippen LogP contribution in [-0.2, 0) is 10.9 Å². The second-order valence-corrected chi connectivity index (χ2v) is 3.34. The molecule has 0 atom stereocenters. The molecular formula is C7H5ClN2O2S. The summed E-state index contributed by atoms with van der Waals surface area (Å²) < 4.78 is 22.7. The molecule has 0 heterocycles. The number of thiol groups is 1. The number of hydrogen-bond donors (Lipinski definition) is 2. The van der Waals surface area contributed by atoms with Crippen LogP contribution in [0.4, 0.5) is 5.69 Å². The van der Waals surface area contributed by atoms with E-state index in [9.17, 15) is 8.42 Å². The molecule has 68 valence electrons. The van der Waals surface area contributed by atoms with Crippen LogP contribution >= 0.6 is 11.6 Å². The van der Waals surface area contributed by atoms with Gasteiger partial charge in [0.2, 0.25) is 10.9 Å². The van der Waals surface area contributed by atoms with E-state index in [1.807, 2.05) is 6.07 Å². The van der Waals surface area contributed by atoms with Crippen LogP contribution < -0.4 is 4.72 Å². The van der Waals surface area contributed by atoms with E-state index in [1.54, 1.807) is 0 Å². The van der Waals surface area contributed by atoms with Crippen LogP contribution in [-0.4, -0.2) is 8.42 Å². The molecule has 0 amide bonds. The molecule has 0 aliphatic carbocycles. The summed E-state index contributed by atoms with van der Waals surface area (Å²) in [6.45, 7) is 0. The second kappa shape index (κ2) is 4.12. The Hall–Kier alpha value is -1.25. The Balaban J connectivity index is 3.15. The lowest BCUT2D eigenvalue weighted by Crippen LogP contribution is -1.97. The van der Waals surface area contributed by atoms with E-state index in [-0.39, 0.29) is 11.3 Å². The lowest BCUT2D eigenvalue weighted by atomic mass is 10.2. The Morgan fingerprint density at radius 1 is 1.46 bits per heavy atom. The van der Waals surface area contributed by atoms with Gasteiger partial charge in [0.15, 0.2) is 0 Å². The largest absolute Gasteiger partial charge is 0.284 e. The third-order valence-corrected chi connectivity index (χ3v) is 1.97. The maximum atomic E-state index is 10.3. The molecule has 0 saturated carbocycles. The zero-order valence-electron chi connectivity index (χ0n) is 6.32. The van der Waals surface area contributed by atoms with Crippen LogP contribution in [0.2, 0.25) is 5.02 Å². The molecule has 0 bridgehead atoms. The summed E-state index contributed by atoms with van der Waals surface area (Å²) in [6.07, 6.45) is 0. The van der Waals surface area contributed by atoms with Gasteiger partial charge in [-0.2, -0.15) is 5.26 Å². The molecule has 1 N–H and O–H groups in total. The van der Waals surface area contributed by atoms with Crippen molar-refractivity contribution >= 4 is 28.2 Å². The van der Waals surface area contributed by atoms with Gasteiger partial charge in [-0.25, -0.2) is 8.42 Å². The molecule has 0 unspecified atom stereocenters. The zero-order chi connectivity index (χ0) is 9.84. The van der Waals surface area contributed by atoms with Crippen molar-refractivity contribution in [3.8, 4) is 6.07 Å². The number of rotatable bonds is 2. The number of halogens is 1. The first-order valence-electron chi connectivity index (χ1n) is 3.24. The third-order valence-electron chi connectivity index (χ3n) is 1.31. The highest BCUT2D eigenvalue weighted by Gasteiger charge is 2.01. The van der Waals surface area contributed by atoms with Gasteiger partial charge in [0.1, 0.15) is 6.07 Å². The summed E-state index contributed by atoms with van der Waals surface area (Å²) in [5, 5.41) is 9.00. The van der Waals surface area contributed by atoms with Crippen LogP contribution in [0.3, 0.4) is 0 Å².